The van der Waals surface area contributed by atoms with Crippen molar-refractivity contribution in [1.29, 1.82) is 0 Å². The number of Topliss-reactive ketones (excluding diaryl/α,β-unsaturated/α-hetero) is 1. The van der Waals surface area contributed by atoms with Crippen LogP contribution in [0, 0.1) is 5.82 Å². The first-order valence-corrected chi connectivity index (χ1v) is 7.40. The maximum Gasteiger partial charge on any atom is 0.131 e. The van der Waals surface area contributed by atoms with Crippen LogP contribution >= 0.6 is 0 Å². The van der Waals surface area contributed by atoms with Gasteiger partial charge in [-0.2, -0.15) is 0 Å². The Bertz CT molecular complexity index is 517. The fourth-order valence-corrected chi connectivity index (χ4v) is 3.40. The number of halogens is 1. The maximum absolute atomic E-state index is 13.3. The van der Waals surface area contributed by atoms with Gasteiger partial charge in [-0.25, -0.2) is 4.39 Å². The van der Waals surface area contributed by atoms with Crippen LogP contribution in [-0.2, 0) is 11.2 Å². The molecular formula is C16H21FN2O. The zero-order valence-electron chi connectivity index (χ0n) is 11.9. The molecule has 0 saturated carbocycles. The van der Waals surface area contributed by atoms with Crippen molar-refractivity contribution in [2.24, 2.45) is 0 Å². The van der Waals surface area contributed by atoms with Gasteiger partial charge in [0.2, 0.25) is 0 Å². The summed E-state index contributed by atoms with van der Waals surface area (Å²) < 4.78 is 13.3. The summed E-state index contributed by atoms with van der Waals surface area (Å²) in [5.74, 6) is 0.109. The SMILES string of the molecule is CC(=O)CCN1CCCN2c3ccc(F)cc3CC2C1. The molecule has 0 radical (unpaired) electrons. The number of hydrogen-bond acceptors (Lipinski definition) is 3. The molecule has 3 nitrogen and oxygen atoms in total. The first-order chi connectivity index (χ1) is 9.63. The molecule has 1 fully saturated rings. The Morgan fingerprint density at radius 2 is 2.25 bits per heavy atom. The van der Waals surface area contributed by atoms with Gasteiger partial charge in [-0.15, -0.1) is 0 Å². The largest absolute Gasteiger partial charge is 0.367 e. The molecule has 1 saturated heterocycles. The third-order valence-corrected chi connectivity index (χ3v) is 4.37. The van der Waals surface area contributed by atoms with E-state index in [4.69, 9.17) is 0 Å². The molecule has 0 amide bonds. The molecule has 1 aromatic carbocycles. The standard InChI is InChI=1S/C16H21FN2O/c1-12(20)5-8-18-6-2-7-19-15(11-18)10-13-9-14(17)3-4-16(13)19/h3-4,9,15H,2,5-8,10-11H2,1H3. The maximum atomic E-state index is 13.3. The van der Waals surface area contributed by atoms with Crippen LogP contribution < -0.4 is 4.90 Å². The lowest BCUT2D eigenvalue weighted by molar-refractivity contribution is -0.117. The zero-order valence-corrected chi connectivity index (χ0v) is 11.9. The molecule has 0 bridgehead atoms. The molecule has 1 atom stereocenters. The lowest BCUT2D eigenvalue weighted by atomic mass is 10.1. The lowest BCUT2D eigenvalue weighted by Gasteiger charge is -2.27. The van der Waals surface area contributed by atoms with Gasteiger partial charge in [-0.05, 0) is 50.1 Å². The van der Waals surface area contributed by atoms with Crippen molar-refractivity contribution < 1.29 is 9.18 Å². The van der Waals surface area contributed by atoms with Gasteiger partial charge in [0.15, 0.2) is 0 Å². The second kappa shape index (κ2) is 5.52. The van der Waals surface area contributed by atoms with Crippen LogP contribution in [0.1, 0.15) is 25.3 Å². The summed E-state index contributed by atoms with van der Waals surface area (Å²) in [4.78, 5) is 15.9. The number of benzene rings is 1. The van der Waals surface area contributed by atoms with Gasteiger partial charge in [0, 0.05) is 37.8 Å². The minimum absolute atomic E-state index is 0.144. The summed E-state index contributed by atoms with van der Waals surface area (Å²) in [5, 5.41) is 0. The highest BCUT2D eigenvalue weighted by molar-refractivity contribution is 5.75. The highest BCUT2D eigenvalue weighted by Gasteiger charge is 2.32. The van der Waals surface area contributed by atoms with Crippen LogP contribution in [0.25, 0.3) is 0 Å². The molecular weight excluding hydrogens is 255 g/mol. The quantitative estimate of drug-likeness (QED) is 0.846. The van der Waals surface area contributed by atoms with Crippen molar-refractivity contribution in [1.82, 2.24) is 4.90 Å². The molecule has 0 N–H and O–H groups in total. The monoisotopic (exact) mass is 276 g/mol. The molecule has 0 aliphatic carbocycles. The second-order valence-corrected chi connectivity index (χ2v) is 5.93. The van der Waals surface area contributed by atoms with Crippen LogP contribution in [0.2, 0.25) is 0 Å². The van der Waals surface area contributed by atoms with E-state index in [1.807, 2.05) is 6.07 Å². The van der Waals surface area contributed by atoms with E-state index in [9.17, 15) is 9.18 Å². The molecule has 108 valence electrons. The number of fused-ring (bicyclic) bond motifs is 3. The molecule has 2 aliphatic heterocycles. The van der Waals surface area contributed by atoms with Crippen LogP contribution in [0.15, 0.2) is 18.2 Å². The van der Waals surface area contributed by atoms with Crippen molar-refractivity contribution in [2.45, 2.75) is 32.2 Å². The molecule has 2 heterocycles. The van der Waals surface area contributed by atoms with E-state index in [1.165, 1.54) is 5.69 Å². The van der Waals surface area contributed by atoms with E-state index < -0.39 is 0 Å². The molecule has 3 rings (SSSR count). The highest BCUT2D eigenvalue weighted by atomic mass is 19.1. The Morgan fingerprint density at radius 1 is 1.40 bits per heavy atom. The van der Waals surface area contributed by atoms with Gasteiger partial charge in [0.05, 0.1) is 0 Å². The number of hydrogen-bond donors (Lipinski definition) is 0. The molecule has 1 aromatic rings. The molecule has 0 spiro atoms. The molecule has 0 aromatic heterocycles. The van der Waals surface area contributed by atoms with Crippen LogP contribution in [0.4, 0.5) is 10.1 Å². The van der Waals surface area contributed by atoms with Gasteiger partial charge in [-0.1, -0.05) is 0 Å². The topological polar surface area (TPSA) is 23.6 Å². The Labute approximate surface area is 119 Å². The molecule has 20 heavy (non-hydrogen) atoms. The van der Waals surface area contributed by atoms with Gasteiger partial charge in [0.25, 0.3) is 0 Å². The number of nitrogens with zero attached hydrogens (tertiary/aromatic N) is 2. The number of anilines is 1. The fourth-order valence-electron chi connectivity index (χ4n) is 3.40. The number of carbonyl (C=O) groups excluding carboxylic acids is 1. The zero-order chi connectivity index (χ0) is 14.1. The Hall–Kier alpha value is -1.42. The summed E-state index contributed by atoms with van der Waals surface area (Å²) in [7, 11) is 0. The highest BCUT2D eigenvalue weighted by Crippen LogP contribution is 2.34. The van der Waals surface area contributed by atoms with E-state index in [0.29, 0.717) is 12.5 Å². The fraction of sp³-hybridized carbons (Fsp3) is 0.562. The summed E-state index contributed by atoms with van der Waals surface area (Å²) >= 11 is 0. The van der Waals surface area contributed by atoms with Crippen LogP contribution in [0.3, 0.4) is 0 Å². The molecule has 1 unspecified atom stereocenters. The third kappa shape index (κ3) is 2.70. The first kappa shape index (κ1) is 13.6. The van der Waals surface area contributed by atoms with Crippen LogP contribution in [-0.4, -0.2) is 42.9 Å². The number of carbonyl (C=O) groups is 1. The average molecular weight is 276 g/mol. The summed E-state index contributed by atoms with van der Waals surface area (Å²) in [5.41, 5.74) is 2.33. The van der Waals surface area contributed by atoms with E-state index in [2.05, 4.69) is 9.80 Å². The minimum atomic E-state index is -0.144. The van der Waals surface area contributed by atoms with Gasteiger partial charge < -0.3 is 9.80 Å². The molecule has 2 aliphatic rings. The predicted octanol–water partition coefficient (Wildman–Crippen LogP) is 2.24. The van der Waals surface area contributed by atoms with Crippen molar-refractivity contribution in [3.63, 3.8) is 0 Å². The lowest BCUT2D eigenvalue weighted by Crippen LogP contribution is -2.39. The average Bonchev–Trinajstić information content (AvgIpc) is 2.60. The third-order valence-electron chi connectivity index (χ3n) is 4.37. The molecule has 4 heteroatoms. The van der Waals surface area contributed by atoms with E-state index >= 15 is 0 Å². The Kier molecular flexibility index (Phi) is 3.74. The predicted molar refractivity (Wildman–Crippen MR) is 77.6 cm³/mol. The summed E-state index contributed by atoms with van der Waals surface area (Å²) in [6, 6.07) is 5.57. The van der Waals surface area contributed by atoms with Crippen molar-refractivity contribution in [3.05, 3.63) is 29.6 Å². The minimum Gasteiger partial charge on any atom is -0.367 e. The van der Waals surface area contributed by atoms with E-state index in [0.717, 1.165) is 44.6 Å². The second-order valence-electron chi connectivity index (χ2n) is 5.93. The van der Waals surface area contributed by atoms with Gasteiger partial charge in [0.1, 0.15) is 11.6 Å². The first-order valence-electron chi connectivity index (χ1n) is 7.40. The van der Waals surface area contributed by atoms with Gasteiger partial charge >= 0.3 is 0 Å². The smallest absolute Gasteiger partial charge is 0.131 e. The normalized spacial score (nSPS) is 22.3. The van der Waals surface area contributed by atoms with Crippen molar-refractivity contribution in [2.75, 3.05) is 31.1 Å². The van der Waals surface area contributed by atoms with Crippen LogP contribution in [0.5, 0.6) is 0 Å². The van der Waals surface area contributed by atoms with E-state index in [-0.39, 0.29) is 11.6 Å². The number of rotatable bonds is 3. The number of ketones is 1. The Morgan fingerprint density at radius 3 is 3.05 bits per heavy atom. The van der Waals surface area contributed by atoms with Crippen molar-refractivity contribution in [3.8, 4) is 0 Å². The van der Waals surface area contributed by atoms with Crippen molar-refractivity contribution >= 4 is 11.5 Å². The van der Waals surface area contributed by atoms with E-state index in [1.54, 1.807) is 19.1 Å². The Balaban J connectivity index is 1.72. The summed E-state index contributed by atoms with van der Waals surface area (Å²) in [6.07, 6.45) is 2.66. The summed E-state index contributed by atoms with van der Waals surface area (Å²) in [6.45, 7) is 5.56. The van der Waals surface area contributed by atoms with Gasteiger partial charge in [-0.3, -0.25) is 4.79 Å².